The van der Waals surface area contributed by atoms with Crippen LogP contribution in [0, 0.1) is 0 Å². The van der Waals surface area contributed by atoms with Crippen molar-refractivity contribution in [3.63, 3.8) is 0 Å². The highest BCUT2D eigenvalue weighted by atomic mass is 19.4. The van der Waals surface area contributed by atoms with Crippen LogP contribution in [0.2, 0.25) is 0 Å². The van der Waals surface area contributed by atoms with Gasteiger partial charge in [-0.15, -0.1) is 0 Å². The molecule has 2 aromatic rings. The highest BCUT2D eigenvalue weighted by Gasteiger charge is 2.30. The van der Waals surface area contributed by atoms with Crippen LogP contribution in [0.3, 0.4) is 0 Å². The number of nitrogens with zero attached hydrogens (tertiary/aromatic N) is 1. The predicted octanol–water partition coefficient (Wildman–Crippen LogP) is 2.36. The normalized spacial score (nSPS) is 11.4. The van der Waals surface area contributed by atoms with Crippen molar-refractivity contribution in [1.82, 2.24) is 9.78 Å². The number of carbonyl (C=O) groups excluding carboxylic acids is 1. The molecule has 1 aromatic carbocycles. The Morgan fingerprint density at radius 3 is 2.43 bits per heavy atom. The van der Waals surface area contributed by atoms with E-state index in [-0.39, 0.29) is 18.0 Å². The van der Waals surface area contributed by atoms with Gasteiger partial charge < -0.3 is 4.74 Å². The monoisotopic (exact) mass is 300 g/mol. The Balaban J connectivity index is 2.35. The van der Waals surface area contributed by atoms with Gasteiger partial charge in [-0.3, -0.25) is 9.89 Å². The number of H-pyrrole nitrogens is 1. The molecule has 0 atom stereocenters. The van der Waals surface area contributed by atoms with E-state index in [0.717, 1.165) is 35.0 Å². The van der Waals surface area contributed by atoms with Gasteiger partial charge >= 0.3 is 12.1 Å². The first-order valence-corrected chi connectivity index (χ1v) is 5.99. The van der Waals surface area contributed by atoms with Crippen molar-refractivity contribution in [3.05, 3.63) is 51.9 Å². The Morgan fingerprint density at radius 2 is 1.90 bits per heavy atom. The molecule has 0 aliphatic rings. The van der Waals surface area contributed by atoms with Gasteiger partial charge in [0.1, 0.15) is 5.69 Å². The van der Waals surface area contributed by atoms with E-state index in [1.807, 2.05) is 0 Å². The molecule has 1 aromatic heterocycles. The molecule has 2 rings (SSSR count). The fourth-order valence-electron chi connectivity index (χ4n) is 1.70. The summed E-state index contributed by atoms with van der Waals surface area (Å²) in [5.74, 6) is -0.708. The molecule has 0 aliphatic carbocycles. The van der Waals surface area contributed by atoms with Gasteiger partial charge in [-0.1, -0.05) is 0 Å². The van der Waals surface area contributed by atoms with E-state index < -0.39 is 23.3 Å². The van der Waals surface area contributed by atoms with Crippen molar-refractivity contribution in [3.8, 4) is 5.69 Å². The lowest BCUT2D eigenvalue weighted by molar-refractivity contribution is -0.137. The number of benzene rings is 1. The van der Waals surface area contributed by atoms with Crippen LogP contribution in [0.25, 0.3) is 5.69 Å². The quantitative estimate of drug-likeness (QED) is 0.885. The average Bonchev–Trinajstić information content (AvgIpc) is 2.80. The fourth-order valence-corrected chi connectivity index (χ4v) is 1.70. The molecule has 21 heavy (non-hydrogen) atoms. The minimum absolute atomic E-state index is 0.0678. The molecule has 5 nitrogen and oxygen atoms in total. The molecule has 0 unspecified atom stereocenters. The summed E-state index contributed by atoms with van der Waals surface area (Å²) in [6, 6.07) is 5.00. The third-order valence-corrected chi connectivity index (χ3v) is 2.67. The molecule has 1 heterocycles. The predicted molar refractivity (Wildman–Crippen MR) is 67.3 cm³/mol. The fraction of sp³-hybridized carbons (Fsp3) is 0.231. The summed E-state index contributed by atoms with van der Waals surface area (Å²) in [5.41, 5.74) is -1.28. The Hall–Kier alpha value is -2.51. The number of hydrogen-bond donors (Lipinski definition) is 1. The molecule has 0 aliphatic heterocycles. The molecule has 0 spiro atoms. The second kappa shape index (κ2) is 5.47. The van der Waals surface area contributed by atoms with Gasteiger partial charge in [0.15, 0.2) is 0 Å². The van der Waals surface area contributed by atoms with E-state index in [2.05, 4.69) is 5.10 Å². The van der Waals surface area contributed by atoms with Gasteiger partial charge in [0.05, 0.1) is 17.9 Å². The standard InChI is InChI=1S/C13H11F3N2O3/c1-2-21-12(20)10-7-11(19)18(17-10)9-5-3-8(4-6-9)13(14,15)16/h3-7,17H,2H2,1H3. The zero-order valence-electron chi connectivity index (χ0n) is 10.9. The zero-order valence-corrected chi connectivity index (χ0v) is 10.9. The Kier molecular flexibility index (Phi) is 3.88. The second-order valence-electron chi connectivity index (χ2n) is 4.11. The molecule has 0 saturated heterocycles. The largest absolute Gasteiger partial charge is 0.461 e. The van der Waals surface area contributed by atoms with Crippen LogP contribution in [0.4, 0.5) is 13.2 Å². The minimum atomic E-state index is -4.45. The van der Waals surface area contributed by atoms with E-state index in [0.29, 0.717) is 0 Å². The molecule has 0 bridgehead atoms. The number of rotatable bonds is 3. The van der Waals surface area contributed by atoms with E-state index in [1.165, 1.54) is 0 Å². The smallest absolute Gasteiger partial charge is 0.416 e. The molecule has 112 valence electrons. The van der Waals surface area contributed by atoms with Crippen LogP contribution in [0.5, 0.6) is 0 Å². The number of halogens is 3. The molecule has 0 fully saturated rings. The first kappa shape index (κ1) is 14.9. The van der Waals surface area contributed by atoms with E-state index in [1.54, 1.807) is 6.92 Å². The Bertz CT molecular complexity index is 699. The number of carbonyl (C=O) groups is 1. The van der Waals surface area contributed by atoms with E-state index >= 15 is 0 Å². The minimum Gasteiger partial charge on any atom is -0.461 e. The van der Waals surface area contributed by atoms with Crippen molar-refractivity contribution in [2.24, 2.45) is 0 Å². The Labute approximate surface area is 116 Å². The van der Waals surface area contributed by atoms with Crippen molar-refractivity contribution in [2.75, 3.05) is 6.61 Å². The van der Waals surface area contributed by atoms with Gasteiger partial charge in [0.25, 0.3) is 5.56 Å². The summed E-state index contributed by atoms with van der Waals surface area (Å²) in [5, 5.41) is 2.49. The molecule has 8 heteroatoms. The lowest BCUT2D eigenvalue weighted by Gasteiger charge is -2.07. The first-order chi connectivity index (χ1) is 9.82. The van der Waals surface area contributed by atoms with E-state index in [4.69, 9.17) is 4.74 Å². The summed E-state index contributed by atoms with van der Waals surface area (Å²) in [7, 11) is 0. The number of aromatic amines is 1. The summed E-state index contributed by atoms with van der Waals surface area (Å²) in [4.78, 5) is 23.2. The average molecular weight is 300 g/mol. The van der Waals surface area contributed by atoms with Crippen LogP contribution < -0.4 is 5.56 Å². The second-order valence-corrected chi connectivity index (χ2v) is 4.11. The third-order valence-electron chi connectivity index (χ3n) is 2.67. The molecule has 0 amide bonds. The third kappa shape index (κ3) is 3.15. The molecule has 0 radical (unpaired) electrons. The van der Waals surface area contributed by atoms with Crippen LogP contribution in [0.15, 0.2) is 35.1 Å². The molecule has 0 saturated carbocycles. The number of ether oxygens (including phenoxy) is 1. The lowest BCUT2D eigenvalue weighted by atomic mass is 10.2. The maximum atomic E-state index is 12.5. The summed E-state index contributed by atoms with van der Waals surface area (Å²) < 4.78 is 43.1. The number of nitrogens with one attached hydrogen (secondary N) is 1. The van der Waals surface area contributed by atoms with E-state index in [9.17, 15) is 22.8 Å². The Morgan fingerprint density at radius 1 is 1.29 bits per heavy atom. The number of aromatic nitrogens is 2. The lowest BCUT2D eigenvalue weighted by Crippen LogP contribution is -2.14. The maximum absolute atomic E-state index is 12.5. The van der Waals surface area contributed by atoms with Crippen molar-refractivity contribution in [2.45, 2.75) is 13.1 Å². The molecular weight excluding hydrogens is 289 g/mol. The topological polar surface area (TPSA) is 64.1 Å². The van der Waals surface area contributed by atoms with Crippen LogP contribution in [0.1, 0.15) is 23.0 Å². The summed E-state index contributed by atoms with van der Waals surface area (Å²) in [6.07, 6.45) is -4.45. The first-order valence-electron chi connectivity index (χ1n) is 5.99. The van der Waals surface area contributed by atoms with Gasteiger partial charge in [0.2, 0.25) is 0 Å². The summed E-state index contributed by atoms with van der Waals surface area (Å²) >= 11 is 0. The van der Waals surface area contributed by atoms with Gasteiger partial charge in [0, 0.05) is 6.07 Å². The number of esters is 1. The van der Waals surface area contributed by atoms with Crippen LogP contribution in [-0.2, 0) is 10.9 Å². The summed E-state index contributed by atoms with van der Waals surface area (Å²) in [6.45, 7) is 1.76. The maximum Gasteiger partial charge on any atom is 0.416 e. The number of alkyl halides is 3. The highest BCUT2D eigenvalue weighted by molar-refractivity contribution is 5.87. The van der Waals surface area contributed by atoms with Gasteiger partial charge in [-0.2, -0.15) is 13.2 Å². The highest BCUT2D eigenvalue weighted by Crippen LogP contribution is 2.29. The molecule has 1 N–H and O–H groups in total. The van der Waals surface area contributed by atoms with Crippen LogP contribution in [-0.4, -0.2) is 22.4 Å². The van der Waals surface area contributed by atoms with Crippen molar-refractivity contribution >= 4 is 5.97 Å². The zero-order chi connectivity index (χ0) is 15.6. The SMILES string of the molecule is CCOC(=O)c1cc(=O)n(-c2ccc(C(F)(F)F)cc2)[nH]1. The van der Waals surface area contributed by atoms with Gasteiger partial charge in [-0.25, -0.2) is 9.48 Å². The number of hydrogen-bond acceptors (Lipinski definition) is 3. The van der Waals surface area contributed by atoms with Crippen LogP contribution >= 0.6 is 0 Å². The van der Waals surface area contributed by atoms with Gasteiger partial charge in [-0.05, 0) is 31.2 Å². The van der Waals surface area contributed by atoms with Crippen molar-refractivity contribution in [1.29, 1.82) is 0 Å². The van der Waals surface area contributed by atoms with Crippen molar-refractivity contribution < 1.29 is 22.7 Å². The molecular formula is C13H11F3N2O3.